The SMILES string of the molecule is CCN(CC)C(=O)C1CCCN(c2cccc(C(=O)Nc3ccc(NC(C)=O)cc3)c2)C1. The highest BCUT2D eigenvalue weighted by Gasteiger charge is 2.28. The van der Waals surface area contributed by atoms with Crippen LogP contribution in [0.2, 0.25) is 0 Å². The van der Waals surface area contributed by atoms with Crippen molar-refractivity contribution in [2.45, 2.75) is 33.6 Å². The van der Waals surface area contributed by atoms with Gasteiger partial charge in [-0.25, -0.2) is 0 Å². The molecule has 2 aromatic carbocycles. The molecule has 1 heterocycles. The molecule has 1 aliphatic rings. The third-order valence-electron chi connectivity index (χ3n) is 5.78. The Labute approximate surface area is 189 Å². The predicted molar refractivity (Wildman–Crippen MR) is 128 cm³/mol. The van der Waals surface area contributed by atoms with Gasteiger partial charge < -0.3 is 20.4 Å². The monoisotopic (exact) mass is 436 g/mol. The van der Waals surface area contributed by atoms with Gasteiger partial charge in [-0.15, -0.1) is 0 Å². The molecule has 0 aliphatic carbocycles. The van der Waals surface area contributed by atoms with Gasteiger partial charge >= 0.3 is 0 Å². The van der Waals surface area contributed by atoms with Gasteiger partial charge in [-0.2, -0.15) is 0 Å². The highest BCUT2D eigenvalue weighted by molar-refractivity contribution is 6.05. The van der Waals surface area contributed by atoms with Gasteiger partial charge in [0.15, 0.2) is 0 Å². The zero-order chi connectivity index (χ0) is 23.1. The van der Waals surface area contributed by atoms with Gasteiger partial charge in [0.05, 0.1) is 5.92 Å². The average Bonchev–Trinajstić information content (AvgIpc) is 2.81. The summed E-state index contributed by atoms with van der Waals surface area (Å²) >= 11 is 0. The topological polar surface area (TPSA) is 81.8 Å². The predicted octanol–water partition coefficient (Wildman–Crippen LogP) is 3.98. The van der Waals surface area contributed by atoms with Crippen molar-refractivity contribution in [3.63, 3.8) is 0 Å². The van der Waals surface area contributed by atoms with E-state index in [1.807, 2.05) is 36.9 Å². The van der Waals surface area contributed by atoms with Gasteiger partial charge in [0.1, 0.15) is 0 Å². The molecule has 170 valence electrons. The normalized spacial score (nSPS) is 15.7. The summed E-state index contributed by atoms with van der Waals surface area (Å²) < 4.78 is 0. The minimum absolute atomic E-state index is 0.0109. The zero-order valence-electron chi connectivity index (χ0n) is 19.1. The van der Waals surface area contributed by atoms with Gasteiger partial charge in [-0.3, -0.25) is 14.4 Å². The second-order valence-electron chi connectivity index (χ2n) is 8.06. The van der Waals surface area contributed by atoms with Crippen LogP contribution in [0.5, 0.6) is 0 Å². The van der Waals surface area contributed by atoms with Crippen LogP contribution >= 0.6 is 0 Å². The lowest BCUT2D eigenvalue weighted by Gasteiger charge is -2.36. The van der Waals surface area contributed by atoms with E-state index in [9.17, 15) is 14.4 Å². The smallest absolute Gasteiger partial charge is 0.255 e. The Hall–Kier alpha value is -3.35. The van der Waals surface area contributed by atoms with Crippen molar-refractivity contribution in [1.29, 1.82) is 0 Å². The lowest BCUT2D eigenvalue weighted by atomic mass is 9.95. The molecule has 1 fully saturated rings. The third-order valence-corrected chi connectivity index (χ3v) is 5.78. The largest absolute Gasteiger partial charge is 0.371 e. The molecule has 1 aliphatic heterocycles. The number of rotatable bonds is 7. The number of carbonyl (C=O) groups excluding carboxylic acids is 3. The second-order valence-corrected chi connectivity index (χ2v) is 8.06. The fraction of sp³-hybridized carbons (Fsp3) is 0.400. The van der Waals surface area contributed by atoms with Crippen LogP contribution in [0.25, 0.3) is 0 Å². The summed E-state index contributed by atoms with van der Waals surface area (Å²) in [5, 5.41) is 5.60. The van der Waals surface area contributed by atoms with Crippen LogP contribution in [0.3, 0.4) is 0 Å². The molecule has 3 rings (SSSR count). The van der Waals surface area contributed by atoms with E-state index in [1.165, 1.54) is 6.92 Å². The average molecular weight is 437 g/mol. The zero-order valence-corrected chi connectivity index (χ0v) is 19.1. The fourth-order valence-electron chi connectivity index (χ4n) is 4.09. The molecule has 2 aromatic rings. The van der Waals surface area contributed by atoms with Crippen LogP contribution in [-0.4, -0.2) is 48.8 Å². The summed E-state index contributed by atoms with van der Waals surface area (Å²) in [6.07, 6.45) is 1.86. The summed E-state index contributed by atoms with van der Waals surface area (Å²) in [7, 11) is 0. The Bertz CT molecular complexity index is 954. The van der Waals surface area contributed by atoms with Crippen molar-refractivity contribution in [2.24, 2.45) is 5.92 Å². The van der Waals surface area contributed by atoms with Crippen molar-refractivity contribution in [1.82, 2.24) is 4.90 Å². The molecule has 1 saturated heterocycles. The summed E-state index contributed by atoms with van der Waals surface area (Å²) in [6, 6.07) is 14.5. The molecule has 0 bridgehead atoms. The van der Waals surface area contributed by atoms with Crippen molar-refractivity contribution in [2.75, 3.05) is 41.7 Å². The standard InChI is InChI=1S/C25H32N4O3/c1-4-28(5-2)25(32)20-9-7-15-29(17-20)23-10-6-8-19(16-23)24(31)27-22-13-11-21(12-14-22)26-18(3)30/h6,8,10-14,16,20H,4-5,7,9,15,17H2,1-3H3,(H,26,30)(H,27,31). The summed E-state index contributed by atoms with van der Waals surface area (Å²) in [6.45, 7) is 8.48. The highest BCUT2D eigenvalue weighted by atomic mass is 16.2. The van der Waals surface area contributed by atoms with Crippen LogP contribution in [0.1, 0.15) is 44.0 Å². The number of piperidine rings is 1. The molecule has 32 heavy (non-hydrogen) atoms. The molecule has 0 radical (unpaired) electrons. The van der Waals surface area contributed by atoms with E-state index in [0.717, 1.165) is 38.2 Å². The Balaban J connectivity index is 1.67. The molecule has 0 spiro atoms. The van der Waals surface area contributed by atoms with E-state index in [1.54, 1.807) is 30.3 Å². The third kappa shape index (κ3) is 5.87. The van der Waals surface area contributed by atoms with Crippen molar-refractivity contribution in [3.8, 4) is 0 Å². The highest BCUT2D eigenvalue weighted by Crippen LogP contribution is 2.26. The number of amides is 3. The number of nitrogens with one attached hydrogen (secondary N) is 2. The van der Waals surface area contributed by atoms with Gasteiger partial charge in [-0.1, -0.05) is 6.07 Å². The molecule has 7 nitrogen and oxygen atoms in total. The van der Waals surface area contributed by atoms with E-state index in [2.05, 4.69) is 15.5 Å². The van der Waals surface area contributed by atoms with E-state index in [0.29, 0.717) is 23.5 Å². The van der Waals surface area contributed by atoms with Crippen molar-refractivity contribution < 1.29 is 14.4 Å². The first kappa shape index (κ1) is 23.3. The molecule has 0 aromatic heterocycles. The van der Waals surface area contributed by atoms with E-state index < -0.39 is 0 Å². The van der Waals surface area contributed by atoms with Gasteiger partial charge in [-0.05, 0) is 69.2 Å². The number of hydrogen-bond acceptors (Lipinski definition) is 4. The number of anilines is 3. The van der Waals surface area contributed by atoms with Crippen LogP contribution in [0, 0.1) is 5.92 Å². The maximum Gasteiger partial charge on any atom is 0.255 e. The minimum Gasteiger partial charge on any atom is -0.371 e. The van der Waals surface area contributed by atoms with Gasteiger partial charge in [0.2, 0.25) is 11.8 Å². The summed E-state index contributed by atoms with van der Waals surface area (Å²) in [4.78, 5) is 40.8. The molecule has 1 atom stereocenters. The van der Waals surface area contributed by atoms with E-state index in [-0.39, 0.29) is 23.6 Å². The molecular formula is C25H32N4O3. The minimum atomic E-state index is -0.202. The molecule has 0 saturated carbocycles. The number of hydrogen-bond donors (Lipinski definition) is 2. The Morgan fingerprint density at radius 2 is 1.66 bits per heavy atom. The second kappa shape index (κ2) is 10.8. The molecule has 2 N–H and O–H groups in total. The Kier molecular flexibility index (Phi) is 7.87. The molecule has 1 unspecified atom stereocenters. The van der Waals surface area contributed by atoms with Crippen LogP contribution in [0.4, 0.5) is 17.1 Å². The van der Waals surface area contributed by atoms with Crippen LogP contribution < -0.4 is 15.5 Å². The Morgan fingerprint density at radius 3 is 2.28 bits per heavy atom. The fourth-order valence-corrected chi connectivity index (χ4v) is 4.09. The lowest BCUT2D eigenvalue weighted by molar-refractivity contribution is -0.135. The van der Waals surface area contributed by atoms with E-state index in [4.69, 9.17) is 0 Å². The summed E-state index contributed by atoms with van der Waals surface area (Å²) in [5.41, 5.74) is 2.84. The molecule has 7 heteroatoms. The van der Waals surface area contributed by atoms with Gasteiger partial charge in [0, 0.05) is 55.7 Å². The molecule has 3 amide bonds. The molecular weight excluding hydrogens is 404 g/mol. The van der Waals surface area contributed by atoms with Crippen molar-refractivity contribution in [3.05, 3.63) is 54.1 Å². The first-order valence-electron chi connectivity index (χ1n) is 11.2. The maximum absolute atomic E-state index is 12.8. The van der Waals surface area contributed by atoms with Crippen LogP contribution in [-0.2, 0) is 9.59 Å². The Morgan fingerprint density at radius 1 is 1.00 bits per heavy atom. The van der Waals surface area contributed by atoms with Crippen molar-refractivity contribution >= 4 is 34.8 Å². The number of carbonyl (C=O) groups is 3. The van der Waals surface area contributed by atoms with E-state index >= 15 is 0 Å². The van der Waals surface area contributed by atoms with Crippen LogP contribution in [0.15, 0.2) is 48.5 Å². The maximum atomic E-state index is 12.8. The quantitative estimate of drug-likeness (QED) is 0.688. The first-order valence-corrected chi connectivity index (χ1v) is 11.2. The number of nitrogens with zero attached hydrogens (tertiary/aromatic N) is 2. The summed E-state index contributed by atoms with van der Waals surface area (Å²) in [5.74, 6) is -0.135. The lowest BCUT2D eigenvalue weighted by Crippen LogP contribution is -2.44. The number of benzene rings is 2. The first-order chi connectivity index (χ1) is 15.4. The van der Waals surface area contributed by atoms with Gasteiger partial charge in [0.25, 0.3) is 5.91 Å².